The van der Waals surface area contributed by atoms with Gasteiger partial charge in [-0.3, -0.25) is 4.79 Å². The van der Waals surface area contributed by atoms with Crippen LogP contribution in [0.2, 0.25) is 0 Å². The zero-order chi connectivity index (χ0) is 10.4. The molecule has 1 heteroatoms. The fourth-order valence-corrected chi connectivity index (χ4v) is 1.29. The number of allylic oxidation sites excluding steroid dienone is 1. The first kappa shape index (κ1) is 10.7. The van der Waals surface area contributed by atoms with E-state index in [0.29, 0.717) is 12.0 Å². The predicted molar refractivity (Wildman–Crippen MR) is 60.0 cm³/mol. The summed E-state index contributed by atoms with van der Waals surface area (Å²) in [6.07, 6.45) is 2.61. The largest absolute Gasteiger partial charge is 0.294 e. The van der Waals surface area contributed by atoms with E-state index in [1.165, 1.54) is 0 Å². The Morgan fingerprint density at radius 1 is 1.29 bits per heavy atom. The third-order valence-corrected chi connectivity index (χ3v) is 2.22. The van der Waals surface area contributed by atoms with Gasteiger partial charge in [0.25, 0.3) is 0 Å². The van der Waals surface area contributed by atoms with Crippen LogP contribution in [0.5, 0.6) is 0 Å². The summed E-state index contributed by atoms with van der Waals surface area (Å²) in [6.45, 7) is 5.91. The number of hydrogen-bond acceptors (Lipinski definition) is 1. The SMILES string of the molecule is C=C(C(=O)CCCC)c1ccccc1. The van der Waals surface area contributed by atoms with Gasteiger partial charge in [0.1, 0.15) is 0 Å². The smallest absolute Gasteiger partial charge is 0.162 e. The minimum absolute atomic E-state index is 0.165. The lowest BCUT2D eigenvalue weighted by atomic mass is 10.0. The molecule has 0 saturated heterocycles. The molecule has 0 radical (unpaired) electrons. The number of carbonyl (C=O) groups excluding carboxylic acids is 1. The second kappa shape index (κ2) is 5.38. The molecule has 0 heterocycles. The molecule has 0 saturated carbocycles. The molecule has 1 nitrogen and oxygen atoms in total. The highest BCUT2D eigenvalue weighted by molar-refractivity contribution is 6.19. The van der Waals surface area contributed by atoms with Gasteiger partial charge in [-0.2, -0.15) is 0 Å². The Labute approximate surface area is 85.5 Å². The Morgan fingerprint density at radius 3 is 2.50 bits per heavy atom. The van der Waals surface area contributed by atoms with Crippen molar-refractivity contribution in [2.75, 3.05) is 0 Å². The van der Waals surface area contributed by atoms with Crippen LogP contribution in [-0.2, 0) is 4.79 Å². The van der Waals surface area contributed by atoms with Crippen molar-refractivity contribution < 1.29 is 4.79 Å². The van der Waals surface area contributed by atoms with Crippen LogP contribution in [0.4, 0.5) is 0 Å². The van der Waals surface area contributed by atoms with Crippen LogP contribution in [0.25, 0.3) is 5.57 Å². The van der Waals surface area contributed by atoms with E-state index >= 15 is 0 Å². The maximum absolute atomic E-state index is 11.6. The van der Waals surface area contributed by atoms with E-state index < -0.39 is 0 Å². The molecular formula is C13H16O. The number of ketones is 1. The topological polar surface area (TPSA) is 17.1 Å². The van der Waals surface area contributed by atoms with Crippen molar-refractivity contribution in [3.8, 4) is 0 Å². The molecule has 0 aliphatic carbocycles. The van der Waals surface area contributed by atoms with E-state index in [2.05, 4.69) is 13.5 Å². The number of carbonyl (C=O) groups is 1. The van der Waals surface area contributed by atoms with Gasteiger partial charge in [-0.05, 0) is 12.0 Å². The lowest BCUT2D eigenvalue weighted by Crippen LogP contribution is -1.99. The van der Waals surface area contributed by atoms with Crippen molar-refractivity contribution in [3.05, 3.63) is 42.5 Å². The average Bonchev–Trinajstić information content (AvgIpc) is 2.26. The van der Waals surface area contributed by atoms with Crippen LogP contribution in [0.3, 0.4) is 0 Å². The van der Waals surface area contributed by atoms with E-state index in [1.54, 1.807) is 0 Å². The standard InChI is InChI=1S/C13H16O/c1-3-4-10-13(14)11(2)12-8-6-5-7-9-12/h5-9H,2-4,10H2,1H3. The monoisotopic (exact) mass is 188 g/mol. The predicted octanol–water partition coefficient (Wildman–Crippen LogP) is 3.46. The molecule has 0 aromatic heterocycles. The first-order valence-corrected chi connectivity index (χ1v) is 5.03. The maximum atomic E-state index is 11.6. The van der Waals surface area contributed by atoms with E-state index in [9.17, 15) is 4.79 Å². The normalized spacial score (nSPS) is 9.79. The van der Waals surface area contributed by atoms with E-state index in [-0.39, 0.29) is 5.78 Å². The second-order valence-electron chi connectivity index (χ2n) is 3.37. The summed E-state index contributed by atoms with van der Waals surface area (Å²) in [6, 6.07) is 9.63. The van der Waals surface area contributed by atoms with Gasteiger partial charge < -0.3 is 0 Å². The first-order valence-electron chi connectivity index (χ1n) is 5.03. The molecule has 0 spiro atoms. The van der Waals surface area contributed by atoms with E-state index in [4.69, 9.17) is 0 Å². The van der Waals surface area contributed by atoms with Gasteiger partial charge in [0, 0.05) is 12.0 Å². The molecule has 1 rings (SSSR count). The number of unbranched alkanes of at least 4 members (excludes halogenated alkanes) is 1. The second-order valence-corrected chi connectivity index (χ2v) is 3.37. The Bertz CT molecular complexity index is 311. The molecule has 1 aromatic carbocycles. The van der Waals surface area contributed by atoms with Gasteiger partial charge in [-0.1, -0.05) is 50.3 Å². The quantitative estimate of drug-likeness (QED) is 0.647. The van der Waals surface area contributed by atoms with Gasteiger partial charge in [0.2, 0.25) is 0 Å². The first-order chi connectivity index (χ1) is 6.75. The minimum Gasteiger partial charge on any atom is -0.294 e. The maximum Gasteiger partial charge on any atom is 0.162 e. The number of hydrogen-bond donors (Lipinski definition) is 0. The van der Waals surface area contributed by atoms with E-state index in [1.807, 2.05) is 30.3 Å². The molecular weight excluding hydrogens is 172 g/mol. The highest BCUT2D eigenvalue weighted by Crippen LogP contribution is 2.15. The Hall–Kier alpha value is -1.37. The molecule has 0 amide bonds. The van der Waals surface area contributed by atoms with Gasteiger partial charge in [-0.25, -0.2) is 0 Å². The average molecular weight is 188 g/mol. The van der Waals surface area contributed by atoms with Crippen LogP contribution >= 0.6 is 0 Å². The number of Topliss-reactive ketones (excluding diaryl/α,β-unsaturated/α-hetero) is 1. The van der Waals surface area contributed by atoms with Crippen LogP contribution in [-0.4, -0.2) is 5.78 Å². The summed E-state index contributed by atoms with van der Waals surface area (Å²) in [5.41, 5.74) is 1.58. The summed E-state index contributed by atoms with van der Waals surface area (Å²) >= 11 is 0. The van der Waals surface area contributed by atoms with Crippen LogP contribution < -0.4 is 0 Å². The molecule has 0 unspecified atom stereocenters. The zero-order valence-electron chi connectivity index (χ0n) is 8.62. The molecule has 0 N–H and O–H groups in total. The summed E-state index contributed by atoms with van der Waals surface area (Å²) in [7, 11) is 0. The summed E-state index contributed by atoms with van der Waals surface area (Å²) in [5, 5.41) is 0. The Balaban J connectivity index is 2.62. The van der Waals surface area contributed by atoms with Crippen molar-refractivity contribution in [3.63, 3.8) is 0 Å². The Kier molecular flexibility index (Phi) is 4.11. The third kappa shape index (κ3) is 2.84. The van der Waals surface area contributed by atoms with Crippen molar-refractivity contribution in [1.29, 1.82) is 0 Å². The summed E-state index contributed by atoms with van der Waals surface area (Å²) < 4.78 is 0. The molecule has 0 aliphatic heterocycles. The van der Waals surface area contributed by atoms with E-state index in [0.717, 1.165) is 18.4 Å². The fourth-order valence-electron chi connectivity index (χ4n) is 1.29. The zero-order valence-corrected chi connectivity index (χ0v) is 8.62. The molecule has 1 aromatic rings. The van der Waals surface area contributed by atoms with Gasteiger partial charge in [-0.15, -0.1) is 0 Å². The van der Waals surface area contributed by atoms with Crippen LogP contribution in [0.15, 0.2) is 36.9 Å². The van der Waals surface area contributed by atoms with Crippen molar-refractivity contribution in [2.24, 2.45) is 0 Å². The lowest BCUT2D eigenvalue weighted by molar-refractivity contribution is -0.113. The summed E-state index contributed by atoms with van der Waals surface area (Å²) in [5.74, 6) is 0.165. The van der Waals surface area contributed by atoms with Crippen molar-refractivity contribution in [1.82, 2.24) is 0 Å². The molecule has 14 heavy (non-hydrogen) atoms. The highest BCUT2D eigenvalue weighted by atomic mass is 16.1. The molecule has 0 fully saturated rings. The number of benzene rings is 1. The summed E-state index contributed by atoms with van der Waals surface area (Å²) in [4.78, 5) is 11.6. The highest BCUT2D eigenvalue weighted by Gasteiger charge is 2.07. The minimum atomic E-state index is 0.165. The van der Waals surface area contributed by atoms with Crippen LogP contribution in [0, 0.1) is 0 Å². The number of rotatable bonds is 5. The van der Waals surface area contributed by atoms with Crippen molar-refractivity contribution in [2.45, 2.75) is 26.2 Å². The Morgan fingerprint density at radius 2 is 1.93 bits per heavy atom. The molecule has 74 valence electrons. The van der Waals surface area contributed by atoms with Crippen molar-refractivity contribution >= 4 is 11.4 Å². The van der Waals surface area contributed by atoms with Crippen LogP contribution in [0.1, 0.15) is 31.7 Å². The van der Waals surface area contributed by atoms with Gasteiger partial charge >= 0.3 is 0 Å². The fraction of sp³-hybridized carbons (Fsp3) is 0.308. The third-order valence-electron chi connectivity index (χ3n) is 2.22. The molecule has 0 bridgehead atoms. The van der Waals surface area contributed by atoms with Gasteiger partial charge in [0.05, 0.1) is 0 Å². The molecule has 0 atom stereocenters. The van der Waals surface area contributed by atoms with Gasteiger partial charge in [0.15, 0.2) is 5.78 Å². The molecule has 0 aliphatic rings. The lowest BCUT2D eigenvalue weighted by Gasteiger charge is -2.03.